The molecule has 0 aromatic heterocycles. The van der Waals surface area contributed by atoms with Crippen LogP contribution in [0.4, 0.5) is 28.4 Å². The van der Waals surface area contributed by atoms with E-state index < -0.39 is 0 Å². The largest absolute Gasteiger partial charge is 0.493 e. The molecule has 2 atom stereocenters. The number of nitrogens with one attached hydrogen (secondary N) is 1. The predicted octanol–water partition coefficient (Wildman–Crippen LogP) is 8.63. The molecule has 0 saturated carbocycles. The lowest BCUT2D eigenvalue weighted by molar-refractivity contribution is 0.0264. The average molecular weight is 958 g/mol. The Balaban J connectivity index is 1.05. The molecule has 3 aliphatic heterocycles. The third-order valence-corrected chi connectivity index (χ3v) is 12.7. The van der Waals surface area contributed by atoms with Crippen molar-refractivity contribution in [3.63, 3.8) is 0 Å². The first-order chi connectivity index (χ1) is 33.5. The highest BCUT2D eigenvalue weighted by atomic mass is 32.1. The fourth-order valence-electron chi connectivity index (χ4n) is 9.16. The first kappa shape index (κ1) is 49.2. The van der Waals surface area contributed by atoms with Crippen LogP contribution in [0.5, 0.6) is 23.0 Å². The van der Waals surface area contributed by atoms with Crippen LogP contribution < -0.4 is 39.0 Å². The first-order valence-electron chi connectivity index (χ1n) is 23.4. The maximum Gasteiger partial charge on any atom is 0.261 e. The van der Waals surface area contributed by atoms with E-state index in [1.807, 2.05) is 41.4 Å². The standard InChI is InChI=1S/C54H63N5O9S/c1-54(2,69)35-58(15-16-65-19-20-66-18-17-62-4)41-22-36(33-67-51-28-45(40(32-60)26-49(51)63-5)55-30-42-24-38-11-7-9-13-47(38)57(42)3)21-37(23-41)34-68-52-29-46-44(27-50(52)64-6)53(61)59-43(31-56-46)25-39-12-8-10-14-48(39)59/h7-14,21-23,26-29,31-32,42-43,55,69H,15-20,24-25,30,33-35H2,1-6H3/t42-,43-/m0/s1. The van der Waals surface area contributed by atoms with E-state index in [-0.39, 0.29) is 36.0 Å². The summed E-state index contributed by atoms with van der Waals surface area (Å²) in [5.41, 5.74) is 9.27. The Labute approximate surface area is 410 Å². The van der Waals surface area contributed by atoms with E-state index >= 15 is 0 Å². The zero-order chi connectivity index (χ0) is 48.5. The number of hydrogen-bond acceptors (Lipinski definition) is 14. The third kappa shape index (κ3) is 11.8. The Bertz CT molecular complexity index is 2640. The molecule has 1 amide bonds. The van der Waals surface area contributed by atoms with E-state index in [1.54, 1.807) is 39.5 Å². The van der Waals surface area contributed by atoms with Gasteiger partial charge in [0.1, 0.15) is 13.2 Å². The van der Waals surface area contributed by atoms with E-state index in [0.717, 1.165) is 40.8 Å². The monoisotopic (exact) mass is 957 g/mol. The molecule has 0 unspecified atom stereocenters. The Hall–Kier alpha value is -6.26. The lowest BCUT2D eigenvalue weighted by Gasteiger charge is -2.32. The topological polar surface area (TPSA) is 133 Å². The number of ether oxygens (including phenoxy) is 7. The summed E-state index contributed by atoms with van der Waals surface area (Å²) in [6, 6.07) is 29.7. The lowest BCUT2D eigenvalue weighted by Crippen LogP contribution is -2.37. The number of likely N-dealkylation sites (N-methyl/N-ethyl adjacent to an activating group) is 1. The van der Waals surface area contributed by atoms with Gasteiger partial charge >= 0.3 is 0 Å². The summed E-state index contributed by atoms with van der Waals surface area (Å²) in [6.45, 7) is 8.71. The molecule has 14 nitrogen and oxygen atoms in total. The second-order valence-corrected chi connectivity index (χ2v) is 19.3. The number of thiol groups is 1. The Morgan fingerprint density at radius 1 is 0.783 bits per heavy atom. The molecule has 0 aliphatic carbocycles. The quantitative estimate of drug-likeness (QED) is 0.0349. The number of carbonyl (C=O) groups is 2. The van der Waals surface area contributed by atoms with Gasteiger partial charge in [-0.05, 0) is 85.0 Å². The normalized spacial score (nSPS) is 15.8. The van der Waals surface area contributed by atoms with Crippen molar-refractivity contribution in [1.82, 2.24) is 0 Å². The summed E-state index contributed by atoms with van der Waals surface area (Å²) in [4.78, 5) is 37.7. The van der Waals surface area contributed by atoms with Crippen molar-refractivity contribution in [2.24, 2.45) is 4.99 Å². The highest BCUT2D eigenvalue weighted by Crippen LogP contribution is 2.42. The van der Waals surface area contributed by atoms with E-state index in [2.05, 4.69) is 78.5 Å². The van der Waals surface area contributed by atoms with Gasteiger partial charge in [-0.3, -0.25) is 19.5 Å². The van der Waals surface area contributed by atoms with Gasteiger partial charge in [-0.1, -0.05) is 36.4 Å². The van der Waals surface area contributed by atoms with Gasteiger partial charge in [0.05, 0.1) is 70.6 Å². The van der Waals surface area contributed by atoms with Crippen LogP contribution in [0.3, 0.4) is 0 Å². The molecule has 0 radical (unpaired) electrons. The van der Waals surface area contributed by atoms with Crippen molar-refractivity contribution in [2.75, 3.05) is 101 Å². The molecule has 3 heterocycles. The molecule has 8 rings (SSSR count). The minimum absolute atomic E-state index is 0.137. The molecular weight excluding hydrogens is 895 g/mol. The fourth-order valence-corrected chi connectivity index (χ4v) is 9.33. The molecule has 5 aromatic carbocycles. The number of hydrogen-bond donors (Lipinski definition) is 2. The van der Waals surface area contributed by atoms with Crippen LogP contribution in [0, 0.1) is 0 Å². The van der Waals surface area contributed by atoms with Crippen molar-refractivity contribution in [3.8, 4) is 23.0 Å². The zero-order valence-electron chi connectivity index (χ0n) is 40.4. The Kier molecular flexibility index (Phi) is 16.0. The van der Waals surface area contributed by atoms with Crippen LogP contribution in [0.25, 0.3) is 0 Å². The van der Waals surface area contributed by atoms with Crippen molar-refractivity contribution in [1.29, 1.82) is 0 Å². The number of carbonyl (C=O) groups excluding carboxylic acids is 2. The van der Waals surface area contributed by atoms with Gasteiger partial charge in [-0.2, -0.15) is 12.6 Å². The summed E-state index contributed by atoms with van der Waals surface area (Å²) >= 11 is 4.94. The summed E-state index contributed by atoms with van der Waals surface area (Å²) in [7, 11) is 6.88. The molecule has 15 heteroatoms. The highest BCUT2D eigenvalue weighted by Gasteiger charge is 2.36. The number of fused-ring (bicyclic) bond motifs is 5. The summed E-state index contributed by atoms with van der Waals surface area (Å²) < 4.78 is 41.2. The van der Waals surface area contributed by atoms with Gasteiger partial charge in [-0.25, -0.2) is 0 Å². The van der Waals surface area contributed by atoms with Gasteiger partial charge < -0.3 is 48.3 Å². The second-order valence-electron chi connectivity index (χ2n) is 18.1. The van der Waals surface area contributed by atoms with Crippen LogP contribution >= 0.6 is 12.6 Å². The Morgan fingerprint density at radius 2 is 1.42 bits per heavy atom. The summed E-state index contributed by atoms with van der Waals surface area (Å²) in [5, 5.41) is 3.53. The predicted molar refractivity (Wildman–Crippen MR) is 275 cm³/mol. The fraction of sp³-hybridized carbons (Fsp3) is 0.389. The molecule has 0 spiro atoms. The number of nitrogens with zero attached hydrogens (tertiary/aromatic N) is 4. The number of aliphatic imine (C=N–C) groups is 1. The van der Waals surface area contributed by atoms with Gasteiger partial charge in [0.15, 0.2) is 29.3 Å². The number of anilines is 4. The molecule has 364 valence electrons. The van der Waals surface area contributed by atoms with Gasteiger partial charge in [0.2, 0.25) is 0 Å². The van der Waals surface area contributed by atoms with Crippen LogP contribution in [-0.2, 0) is 40.3 Å². The van der Waals surface area contributed by atoms with E-state index in [1.165, 1.54) is 11.3 Å². The maximum atomic E-state index is 14.1. The molecule has 69 heavy (non-hydrogen) atoms. The minimum atomic E-state index is -0.357. The van der Waals surface area contributed by atoms with Crippen molar-refractivity contribution < 1.29 is 42.7 Å². The van der Waals surface area contributed by atoms with Crippen LogP contribution in [0.15, 0.2) is 96.0 Å². The summed E-state index contributed by atoms with van der Waals surface area (Å²) in [5.74, 6) is 1.66. The SMILES string of the molecule is COCCOCCOCCN(CC(C)(C)S)c1cc(COc2cc3c(cc2OC)C(=O)N2c4ccccc4C[C@H]2C=N3)cc(COc2cc(NC[C@@H]3Cc4ccccc4N3C)c(C=O)cc2OC)c1. The number of para-hydroxylation sites is 2. The van der Waals surface area contributed by atoms with Gasteiger partial charge in [0, 0.05) is 91.6 Å². The van der Waals surface area contributed by atoms with Crippen LogP contribution in [0.1, 0.15) is 56.8 Å². The molecule has 1 N–H and O–H groups in total. The minimum Gasteiger partial charge on any atom is -0.493 e. The van der Waals surface area contributed by atoms with Crippen molar-refractivity contribution >= 4 is 59.5 Å². The van der Waals surface area contributed by atoms with Crippen LogP contribution in [-0.4, -0.2) is 116 Å². The first-order valence-corrected chi connectivity index (χ1v) is 23.8. The molecule has 3 aliphatic rings. The number of methoxy groups -OCH3 is 3. The third-order valence-electron chi connectivity index (χ3n) is 12.6. The average Bonchev–Trinajstić information content (AvgIpc) is 3.85. The molecule has 0 fully saturated rings. The molecule has 5 aromatic rings. The maximum absolute atomic E-state index is 14.1. The summed E-state index contributed by atoms with van der Waals surface area (Å²) in [6.07, 6.45) is 4.27. The molecule has 0 saturated heterocycles. The number of aldehydes is 1. The number of amides is 1. The second kappa shape index (κ2) is 22.4. The molecule has 0 bridgehead atoms. The van der Waals surface area contributed by atoms with Gasteiger partial charge in [0.25, 0.3) is 5.91 Å². The van der Waals surface area contributed by atoms with Crippen LogP contribution in [0.2, 0.25) is 0 Å². The van der Waals surface area contributed by atoms with Crippen molar-refractivity contribution in [2.45, 2.75) is 56.7 Å². The van der Waals surface area contributed by atoms with E-state index in [4.69, 9.17) is 50.8 Å². The van der Waals surface area contributed by atoms with Gasteiger partial charge in [-0.15, -0.1) is 0 Å². The zero-order valence-corrected chi connectivity index (χ0v) is 41.3. The van der Waals surface area contributed by atoms with Crippen molar-refractivity contribution in [3.05, 3.63) is 124 Å². The lowest BCUT2D eigenvalue weighted by atomic mass is 10.1. The smallest absolute Gasteiger partial charge is 0.261 e. The van der Waals surface area contributed by atoms with E-state index in [9.17, 15) is 9.59 Å². The number of rotatable bonds is 24. The Morgan fingerprint density at radius 3 is 2.09 bits per heavy atom. The highest BCUT2D eigenvalue weighted by molar-refractivity contribution is 7.81. The number of benzene rings is 5. The van der Waals surface area contributed by atoms with E-state index in [0.29, 0.717) is 105 Å². The molecular formula is C54H63N5O9S.